The summed E-state index contributed by atoms with van der Waals surface area (Å²) in [5.41, 5.74) is 9.03. The van der Waals surface area contributed by atoms with E-state index < -0.39 is 0 Å². The van der Waals surface area contributed by atoms with Gasteiger partial charge in [-0.1, -0.05) is 84.9 Å². The fourth-order valence-corrected chi connectivity index (χ4v) is 5.51. The molecule has 0 N–H and O–H groups in total. The van der Waals surface area contributed by atoms with Crippen LogP contribution in [0.3, 0.4) is 0 Å². The molecule has 0 aliphatic heterocycles. The third kappa shape index (κ3) is 3.86. The van der Waals surface area contributed by atoms with Gasteiger partial charge in [0.05, 0.1) is 28.3 Å². The van der Waals surface area contributed by atoms with Crippen LogP contribution in [0.15, 0.2) is 146 Å². The lowest BCUT2D eigenvalue weighted by atomic mass is 9.87. The van der Waals surface area contributed by atoms with Gasteiger partial charge in [0.2, 0.25) is 0 Å². The molecule has 180 valence electrons. The maximum atomic E-state index is 4.77. The highest BCUT2D eigenvalue weighted by molar-refractivity contribution is 6.09. The van der Waals surface area contributed by atoms with Crippen LogP contribution in [0.4, 0.5) is 0 Å². The minimum absolute atomic E-state index is 0.0353. The van der Waals surface area contributed by atoms with Gasteiger partial charge in [0, 0.05) is 34.4 Å². The molecule has 0 spiro atoms. The second kappa shape index (κ2) is 9.45. The first-order chi connectivity index (χ1) is 18.9. The van der Waals surface area contributed by atoms with E-state index in [1.54, 1.807) is 0 Å². The molecular formula is C35H25N3. The number of pyridine rings is 2. The number of nitrogens with zero attached hydrogens (tertiary/aromatic N) is 3. The molecule has 3 heteroatoms. The number of hydrogen-bond donors (Lipinski definition) is 0. The van der Waals surface area contributed by atoms with Gasteiger partial charge < -0.3 is 4.57 Å². The van der Waals surface area contributed by atoms with Crippen LogP contribution in [0.1, 0.15) is 22.7 Å². The van der Waals surface area contributed by atoms with Crippen molar-refractivity contribution in [2.45, 2.75) is 5.92 Å². The SMILES string of the molecule is c1ccc(C(c2ccc3c4ccccc4n(-c4cccc(-c5ccccn5)c4)c3c2)c2ccccn2)cc1. The second-order valence-corrected chi connectivity index (χ2v) is 9.49. The van der Waals surface area contributed by atoms with Crippen LogP contribution in [-0.4, -0.2) is 14.5 Å². The van der Waals surface area contributed by atoms with Gasteiger partial charge in [0.1, 0.15) is 0 Å². The highest BCUT2D eigenvalue weighted by Crippen LogP contribution is 2.37. The Morgan fingerprint density at radius 1 is 0.500 bits per heavy atom. The average molecular weight is 488 g/mol. The molecule has 3 aromatic heterocycles. The Hall–Kier alpha value is -5.02. The van der Waals surface area contributed by atoms with Crippen molar-refractivity contribution in [1.82, 2.24) is 14.5 Å². The summed E-state index contributed by atoms with van der Waals surface area (Å²) >= 11 is 0. The monoisotopic (exact) mass is 487 g/mol. The molecule has 38 heavy (non-hydrogen) atoms. The molecule has 0 aliphatic carbocycles. The minimum Gasteiger partial charge on any atom is -0.309 e. The van der Waals surface area contributed by atoms with Crippen LogP contribution in [-0.2, 0) is 0 Å². The van der Waals surface area contributed by atoms with E-state index in [0.717, 1.165) is 22.6 Å². The molecule has 3 nitrogen and oxygen atoms in total. The quantitative estimate of drug-likeness (QED) is 0.244. The Kier molecular flexibility index (Phi) is 5.52. The first-order valence-corrected chi connectivity index (χ1v) is 12.9. The molecule has 0 aliphatic rings. The van der Waals surface area contributed by atoms with E-state index in [2.05, 4.69) is 125 Å². The summed E-state index contributed by atoms with van der Waals surface area (Å²) in [6.45, 7) is 0. The zero-order valence-corrected chi connectivity index (χ0v) is 20.8. The van der Waals surface area contributed by atoms with Gasteiger partial charge in [0.25, 0.3) is 0 Å². The van der Waals surface area contributed by atoms with E-state index in [1.165, 1.54) is 32.9 Å². The summed E-state index contributed by atoms with van der Waals surface area (Å²) in [7, 11) is 0. The van der Waals surface area contributed by atoms with Crippen molar-refractivity contribution < 1.29 is 0 Å². The van der Waals surface area contributed by atoms with E-state index in [-0.39, 0.29) is 5.92 Å². The first-order valence-electron chi connectivity index (χ1n) is 12.9. The smallest absolute Gasteiger partial charge is 0.0702 e. The minimum atomic E-state index is 0.0353. The van der Waals surface area contributed by atoms with Crippen molar-refractivity contribution in [3.63, 3.8) is 0 Å². The lowest BCUT2D eigenvalue weighted by Crippen LogP contribution is -2.05. The van der Waals surface area contributed by atoms with E-state index in [4.69, 9.17) is 4.98 Å². The molecule has 0 saturated carbocycles. The highest BCUT2D eigenvalue weighted by atomic mass is 15.0. The molecule has 1 atom stereocenters. The molecule has 7 rings (SSSR count). The molecule has 0 fully saturated rings. The predicted molar refractivity (Wildman–Crippen MR) is 156 cm³/mol. The molecule has 0 saturated heterocycles. The third-order valence-corrected chi connectivity index (χ3v) is 7.21. The van der Waals surface area contributed by atoms with Gasteiger partial charge in [-0.05, 0) is 59.7 Å². The topological polar surface area (TPSA) is 30.7 Å². The lowest BCUT2D eigenvalue weighted by Gasteiger charge is -2.18. The molecular weight excluding hydrogens is 462 g/mol. The fraction of sp³-hybridized carbons (Fsp3) is 0.0286. The largest absolute Gasteiger partial charge is 0.309 e. The van der Waals surface area contributed by atoms with Crippen molar-refractivity contribution in [1.29, 1.82) is 0 Å². The van der Waals surface area contributed by atoms with Crippen molar-refractivity contribution in [2.24, 2.45) is 0 Å². The third-order valence-electron chi connectivity index (χ3n) is 7.21. The van der Waals surface area contributed by atoms with Crippen LogP contribution >= 0.6 is 0 Å². The molecule has 1 unspecified atom stereocenters. The van der Waals surface area contributed by atoms with Crippen LogP contribution in [0.25, 0.3) is 38.8 Å². The van der Waals surface area contributed by atoms with Crippen LogP contribution in [0.5, 0.6) is 0 Å². The summed E-state index contributed by atoms with van der Waals surface area (Å²) in [5.74, 6) is 0.0353. The Morgan fingerprint density at radius 2 is 1.26 bits per heavy atom. The number of para-hydroxylation sites is 1. The average Bonchev–Trinajstić information content (AvgIpc) is 3.33. The van der Waals surface area contributed by atoms with Crippen molar-refractivity contribution in [3.05, 3.63) is 163 Å². The van der Waals surface area contributed by atoms with Gasteiger partial charge in [0.15, 0.2) is 0 Å². The number of benzene rings is 4. The molecule has 0 radical (unpaired) electrons. The summed E-state index contributed by atoms with van der Waals surface area (Å²) in [4.78, 5) is 9.35. The number of fused-ring (bicyclic) bond motifs is 3. The lowest BCUT2D eigenvalue weighted by molar-refractivity contribution is 0.919. The van der Waals surface area contributed by atoms with Gasteiger partial charge in [-0.25, -0.2) is 0 Å². The zero-order valence-electron chi connectivity index (χ0n) is 20.8. The molecule has 7 aromatic rings. The maximum absolute atomic E-state index is 4.77. The fourth-order valence-electron chi connectivity index (χ4n) is 5.51. The van der Waals surface area contributed by atoms with Gasteiger partial charge in [-0.2, -0.15) is 0 Å². The Bertz CT molecular complexity index is 1820. The van der Waals surface area contributed by atoms with Gasteiger partial charge in [-0.15, -0.1) is 0 Å². The van der Waals surface area contributed by atoms with Gasteiger partial charge in [-0.3, -0.25) is 9.97 Å². The maximum Gasteiger partial charge on any atom is 0.0702 e. The highest BCUT2D eigenvalue weighted by Gasteiger charge is 2.20. The Morgan fingerprint density at radius 3 is 2.08 bits per heavy atom. The van der Waals surface area contributed by atoms with Crippen molar-refractivity contribution in [2.75, 3.05) is 0 Å². The molecule has 0 amide bonds. The zero-order chi connectivity index (χ0) is 25.3. The van der Waals surface area contributed by atoms with Gasteiger partial charge >= 0.3 is 0 Å². The molecule has 4 aromatic carbocycles. The summed E-state index contributed by atoms with van der Waals surface area (Å²) in [5, 5.41) is 2.48. The van der Waals surface area contributed by atoms with Crippen LogP contribution in [0, 0.1) is 0 Å². The number of hydrogen-bond acceptors (Lipinski definition) is 2. The van der Waals surface area contributed by atoms with Crippen molar-refractivity contribution >= 4 is 21.8 Å². The van der Waals surface area contributed by atoms with E-state index in [9.17, 15) is 0 Å². The summed E-state index contributed by atoms with van der Waals surface area (Å²) in [6.07, 6.45) is 3.72. The predicted octanol–water partition coefficient (Wildman–Crippen LogP) is 8.42. The first kappa shape index (κ1) is 22.2. The standard InChI is InChI=1S/C35H25N3/c1-2-11-25(12-3-1)35(32-17-7-9-22-37-32)27-19-20-30-29-15-4-5-18-33(29)38(34(30)24-27)28-14-10-13-26(23-28)31-16-6-8-21-36-31/h1-24,35H. The summed E-state index contributed by atoms with van der Waals surface area (Å²) < 4.78 is 2.38. The summed E-state index contributed by atoms with van der Waals surface area (Å²) in [6, 6.07) is 47.0. The Labute approximate surface area is 221 Å². The van der Waals surface area contributed by atoms with E-state index >= 15 is 0 Å². The second-order valence-electron chi connectivity index (χ2n) is 9.49. The number of rotatable bonds is 5. The van der Waals surface area contributed by atoms with Crippen LogP contribution in [0.2, 0.25) is 0 Å². The molecule has 0 bridgehead atoms. The Balaban J connectivity index is 1.48. The van der Waals surface area contributed by atoms with E-state index in [0.29, 0.717) is 0 Å². The number of aromatic nitrogens is 3. The van der Waals surface area contributed by atoms with Crippen LogP contribution < -0.4 is 0 Å². The van der Waals surface area contributed by atoms with E-state index in [1.807, 2.05) is 30.6 Å². The van der Waals surface area contributed by atoms with Crippen molar-refractivity contribution in [3.8, 4) is 16.9 Å². The normalized spacial score (nSPS) is 12.1. The molecule has 3 heterocycles.